The smallest absolute Gasteiger partial charge is 0.317 e. The number of hydrogen-bond acceptors (Lipinski definition) is 7. The highest BCUT2D eigenvalue weighted by Gasteiger charge is 2.43. The van der Waals surface area contributed by atoms with Gasteiger partial charge in [0.2, 0.25) is 0 Å². The minimum absolute atomic E-state index is 0.0229. The molecule has 1 aliphatic carbocycles. The maximum atomic E-state index is 13.4. The Morgan fingerprint density at radius 3 is 2.38 bits per heavy atom. The van der Waals surface area contributed by atoms with Crippen molar-refractivity contribution in [2.24, 2.45) is 0 Å². The lowest BCUT2D eigenvalue weighted by molar-refractivity contribution is -0.125. The number of urea groups is 1. The van der Waals surface area contributed by atoms with Crippen LogP contribution in [-0.2, 0) is 19.4 Å². The van der Waals surface area contributed by atoms with E-state index in [1.54, 1.807) is 18.0 Å². The lowest BCUT2D eigenvalue weighted by Crippen LogP contribution is -2.54. The van der Waals surface area contributed by atoms with Crippen LogP contribution in [0.2, 0.25) is 0 Å². The molecule has 4 unspecified atom stereocenters. The van der Waals surface area contributed by atoms with Gasteiger partial charge in [0.05, 0.1) is 23.1 Å². The number of hydrogen-bond donors (Lipinski definition) is 2. The Morgan fingerprint density at radius 2 is 1.77 bits per heavy atom. The molecule has 4 atom stereocenters. The number of amides is 3. The quantitative estimate of drug-likeness (QED) is 0.484. The Labute approximate surface area is 230 Å². The minimum atomic E-state index is -3.10. The maximum absolute atomic E-state index is 13.4. The largest absolute Gasteiger partial charge is 0.349 e. The van der Waals surface area contributed by atoms with Crippen LogP contribution in [0.1, 0.15) is 49.3 Å². The van der Waals surface area contributed by atoms with Crippen LogP contribution in [0.5, 0.6) is 0 Å². The van der Waals surface area contributed by atoms with Crippen LogP contribution < -0.4 is 10.6 Å². The number of likely N-dealkylation sites (N-methyl/N-ethyl adjacent to an activating group) is 1. The molecule has 10 nitrogen and oxygen atoms in total. The zero-order valence-corrected chi connectivity index (χ0v) is 23.7. The number of carbonyl (C=O) groups is 3. The zero-order chi connectivity index (χ0) is 27.9. The van der Waals surface area contributed by atoms with Crippen LogP contribution >= 0.6 is 0 Å². The number of nitrogens with one attached hydrogen (secondary N) is 2. The van der Waals surface area contributed by atoms with Crippen molar-refractivity contribution in [3.8, 4) is 0 Å². The minimum Gasteiger partial charge on any atom is -0.349 e. The summed E-state index contributed by atoms with van der Waals surface area (Å²) in [7, 11) is 2.18. The van der Waals surface area contributed by atoms with Crippen LogP contribution in [0.15, 0.2) is 29.8 Å². The van der Waals surface area contributed by atoms with Crippen LogP contribution in [0.3, 0.4) is 0 Å². The molecular formula is C28H39N5O5S. The summed E-state index contributed by atoms with van der Waals surface area (Å²) in [6.45, 7) is 1.14. The zero-order valence-electron chi connectivity index (χ0n) is 22.9. The number of nitrogens with zero attached hydrogens (tertiary/aromatic N) is 3. The molecule has 0 spiro atoms. The van der Waals surface area contributed by atoms with E-state index in [0.29, 0.717) is 19.5 Å². The number of ketones is 1. The van der Waals surface area contributed by atoms with Gasteiger partial charge in [-0.15, -0.1) is 0 Å². The summed E-state index contributed by atoms with van der Waals surface area (Å²) < 4.78 is 24.0. The second-order valence-corrected chi connectivity index (χ2v) is 13.7. The molecule has 3 fully saturated rings. The predicted octanol–water partition coefficient (Wildman–Crippen LogP) is 1.20. The van der Waals surface area contributed by atoms with Gasteiger partial charge in [-0.1, -0.05) is 24.3 Å². The molecule has 3 heterocycles. The highest BCUT2D eigenvalue weighted by Crippen LogP contribution is 2.37. The number of Topliss-reactive ketones (excluding diaryl/α,β-unsaturated/α-hetero) is 1. The number of rotatable bonds is 7. The molecule has 2 bridgehead atoms. The van der Waals surface area contributed by atoms with Gasteiger partial charge in [0.1, 0.15) is 0 Å². The second-order valence-electron chi connectivity index (χ2n) is 11.5. The molecule has 3 saturated heterocycles. The summed E-state index contributed by atoms with van der Waals surface area (Å²) in [6, 6.07) is 7.22. The molecule has 11 heteroatoms. The van der Waals surface area contributed by atoms with Gasteiger partial charge in [0.25, 0.3) is 5.91 Å². The van der Waals surface area contributed by atoms with Gasteiger partial charge in [-0.05, 0) is 63.4 Å². The van der Waals surface area contributed by atoms with Crippen molar-refractivity contribution in [2.75, 3.05) is 45.7 Å². The fraction of sp³-hybridized carbons (Fsp3) is 0.607. The van der Waals surface area contributed by atoms with Crippen molar-refractivity contribution in [3.05, 3.63) is 41.0 Å². The molecule has 0 aromatic heterocycles. The first-order valence-electron chi connectivity index (χ1n) is 13.8. The standard InChI is InChI=1S/C28H39N5O5S/c1-29-28(36)33(22-10-13-39(37,38)17-22)12-11-32-20-8-9-21(32)16-19(15-20)30-27(35)24-14-18-6-4-5-7-23(18)25(26(24)34)31(2)3/h4-7,14,19-22,25H,8-13,15-17H2,1-3H3,(H,29,36)(H,30,35). The fourth-order valence-corrected chi connectivity index (χ4v) is 8.69. The molecule has 39 heavy (non-hydrogen) atoms. The summed E-state index contributed by atoms with van der Waals surface area (Å²) in [5.41, 5.74) is 2.01. The van der Waals surface area contributed by atoms with E-state index >= 15 is 0 Å². The van der Waals surface area contributed by atoms with Gasteiger partial charge in [0, 0.05) is 44.3 Å². The molecule has 0 saturated carbocycles. The monoisotopic (exact) mass is 557 g/mol. The van der Waals surface area contributed by atoms with Gasteiger partial charge < -0.3 is 15.5 Å². The average Bonchev–Trinajstić information content (AvgIpc) is 3.37. The normalized spacial score (nSPS) is 29.6. The number of fused-ring (bicyclic) bond motifs is 3. The first-order valence-corrected chi connectivity index (χ1v) is 15.7. The first kappa shape index (κ1) is 27.8. The Hall–Kier alpha value is -2.76. The highest BCUT2D eigenvalue weighted by atomic mass is 32.2. The molecule has 3 amide bonds. The van der Waals surface area contributed by atoms with Crippen molar-refractivity contribution < 1.29 is 22.8 Å². The average molecular weight is 558 g/mol. The second kappa shape index (κ2) is 11.0. The van der Waals surface area contributed by atoms with E-state index < -0.39 is 15.9 Å². The lowest BCUT2D eigenvalue weighted by Gasteiger charge is -2.40. The van der Waals surface area contributed by atoms with Crippen molar-refractivity contribution in [1.82, 2.24) is 25.3 Å². The topological polar surface area (TPSA) is 119 Å². The summed E-state index contributed by atoms with van der Waals surface area (Å²) in [4.78, 5) is 45.2. The molecule has 212 valence electrons. The molecule has 2 N–H and O–H groups in total. The molecule has 0 radical (unpaired) electrons. The molecular weight excluding hydrogens is 518 g/mol. The fourth-order valence-electron chi connectivity index (χ4n) is 6.95. The van der Waals surface area contributed by atoms with E-state index in [1.807, 2.05) is 43.3 Å². The first-order chi connectivity index (χ1) is 18.6. The Bertz CT molecular complexity index is 1260. The van der Waals surface area contributed by atoms with Crippen molar-refractivity contribution in [3.63, 3.8) is 0 Å². The van der Waals surface area contributed by atoms with Gasteiger partial charge in [-0.2, -0.15) is 0 Å². The summed E-state index contributed by atoms with van der Waals surface area (Å²) in [5.74, 6) is -0.344. The van der Waals surface area contributed by atoms with E-state index in [1.165, 1.54) is 0 Å². The van der Waals surface area contributed by atoms with Gasteiger partial charge >= 0.3 is 6.03 Å². The Balaban J connectivity index is 1.22. The van der Waals surface area contributed by atoms with E-state index in [2.05, 4.69) is 15.5 Å². The van der Waals surface area contributed by atoms with E-state index in [0.717, 1.165) is 36.8 Å². The molecule has 4 aliphatic rings. The van der Waals surface area contributed by atoms with Crippen LogP contribution in [0.4, 0.5) is 4.79 Å². The van der Waals surface area contributed by atoms with Crippen LogP contribution in [0.25, 0.3) is 6.08 Å². The molecule has 1 aromatic rings. The van der Waals surface area contributed by atoms with Crippen molar-refractivity contribution >= 4 is 33.6 Å². The molecule has 3 aliphatic heterocycles. The van der Waals surface area contributed by atoms with E-state index in [4.69, 9.17) is 0 Å². The van der Waals surface area contributed by atoms with Gasteiger partial charge in [0.15, 0.2) is 15.6 Å². The van der Waals surface area contributed by atoms with E-state index in [-0.39, 0.29) is 59.0 Å². The van der Waals surface area contributed by atoms with Gasteiger partial charge in [-0.25, -0.2) is 13.2 Å². The van der Waals surface area contributed by atoms with Crippen LogP contribution in [0, 0.1) is 0 Å². The van der Waals surface area contributed by atoms with Gasteiger partial charge in [-0.3, -0.25) is 19.4 Å². The third-order valence-corrected chi connectivity index (χ3v) is 10.6. The molecule has 1 aromatic carbocycles. The SMILES string of the molecule is CNC(=O)N(CCN1C2CCC1CC(NC(=O)C1=Cc3ccccc3C(N(C)C)C1=O)C2)C1CCS(=O)(=O)C1. The Kier molecular flexibility index (Phi) is 7.85. The van der Waals surface area contributed by atoms with Crippen molar-refractivity contribution in [1.29, 1.82) is 0 Å². The third-order valence-electron chi connectivity index (χ3n) is 8.81. The lowest BCUT2D eigenvalue weighted by atomic mass is 9.85. The number of sulfone groups is 1. The number of benzene rings is 1. The predicted molar refractivity (Wildman–Crippen MR) is 149 cm³/mol. The summed E-state index contributed by atoms with van der Waals surface area (Å²) in [6.07, 6.45) is 5.81. The molecule has 5 rings (SSSR count). The number of carbonyl (C=O) groups excluding carboxylic acids is 3. The summed E-state index contributed by atoms with van der Waals surface area (Å²) in [5, 5.41) is 5.83. The number of piperidine rings is 1. The highest BCUT2D eigenvalue weighted by molar-refractivity contribution is 7.91. The van der Waals surface area contributed by atoms with Crippen LogP contribution in [-0.4, -0.2) is 111 Å². The maximum Gasteiger partial charge on any atom is 0.317 e. The third kappa shape index (κ3) is 5.62. The Morgan fingerprint density at radius 1 is 1.08 bits per heavy atom. The van der Waals surface area contributed by atoms with E-state index in [9.17, 15) is 22.8 Å². The van der Waals surface area contributed by atoms with Crippen molar-refractivity contribution in [2.45, 2.75) is 62.3 Å². The summed E-state index contributed by atoms with van der Waals surface area (Å²) >= 11 is 0.